The summed E-state index contributed by atoms with van der Waals surface area (Å²) >= 11 is 0. The molecule has 2 rings (SSSR count). The van der Waals surface area contributed by atoms with Crippen molar-refractivity contribution in [2.75, 3.05) is 18.1 Å². The summed E-state index contributed by atoms with van der Waals surface area (Å²) in [5.41, 5.74) is 3.64. The molecule has 118 valence electrons. The third-order valence-electron chi connectivity index (χ3n) is 3.17. The zero-order chi connectivity index (χ0) is 15.7. The van der Waals surface area contributed by atoms with Crippen molar-refractivity contribution in [3.63, 3.8) is 0 Å². The Morgan fingerprint density at radius 1 is 1.29 bits per heavy atom. The first-order chi connectivity index (χ1) is 9.65. The zero-order valence-electron chi connectivity index (χ0n) is 11.0. The molecule has 0 unspecified atom stereocenters. The van der Waals surface area contributed by atoms with E-state index in [0.717, 1.165) is 0 Å². The lowest BCUT2D eigenvalue weighted by atomic mass is 10.3. The number of para-hydroxylation sites is 2. The van der Waals surface area contributed by atoms with Crippen molar-refractivity contribution in [1.82, 2.24) is 4.72 Å². The number of nitrogens with one attached hydrogen (secondary N) is 1. The third-order valence-corrected chi connectivity index (χ3v) is 4.58. The Hall–Kier alpha value is -1.48. The maximum atomic E-state index is 12.7. The van der Waals surface area contributed by atoms with E-state index in [4.69, 9.17) is 10.5 Å². The number of nitrogen functional groups attached to an aromatic ring is 1. The van der Waals surface area contributed by atoms with Crippen LogP contribution in [0.25, 0.3) is 0 Å². The van der Waals surface area contributed by atoms with Crippen LogP contribution in [0.1, 0.15) is 12.8 Å². The summed E-state index contributed by atoms with van der Waals surface area (Å²) in [6.45, 7) is -0.280. The molecular formula is C12H15F3N2O3S. The highest BCUT2D eigenvalue weighted by molar-refractivity contribution is 7.89. The number of alkyl halides is 3. The molecule has 1 aromatic carbocycles. The van der Waals surface area contributed by atoms with Crippen LogP contribution in [-0.4, -0.2) is 32.5 Å². The van der Waals surface area contributed by atoms with Gasteiger partial charge in [0.25, 0.3) is 0 Å². The number of benzene rings is 1. The van der Waals surface area contributed by atoms with Gasteiger partial charge in [0.15, 0.2) is 0 Å². The molecule has 0 heterocycles. The van der Waals surface area contributed by atoms with Crippen LogP contribution in [-0.2, 0) is 10.0 Å². The SMILES string of the molecule is Nc1ccccc1OCCS(=O)(=O)NC1(C(F)(F)F)CC1. The highest BCUT2D eigenvalue weighted by Crippen LogP contribution is 2.49. The Kier molecular flexibility index (Phi) is 4.07. The lowest BCUT2D eigenvalue weighted by molar-refractivity contribution is -0.160. The largest absolute Gasteiger partial charge is 0.490 e. The summed E-state index contributed by atoms with van der Waals surface area (Å²) in [6.07, 6.45) is -5.05. The van der Waals surface area contributed by atoms with E-state index >= 15 is 0 Å². The van der Waals surface area contributed by atoms with Crippen LogP contribution in [0.3, 0.4) is 0 Å². The summed E-state index contributed by atoms with van der Waals surface area (Å²) in [5, 5.41) is 0. The van der Waals surface area contributed by atoms with Crippen LogP contribution in [0.5, 0.6) is 5.75 Å². The zero-order valence-corrected chi connectivity index (χ0v) is 11.8. The van der Waals surface area contributed by atoms with Gasteiger partial charge < -0.3 is 10.5 Å². The third kappa shape index (κ3) is 3.79. The molecule has 1 saturated carbocycles. The van der Waals surface area contributed by atoms with Crippen molar-refractivity contribution in [3.8, 4) is 5.75 Å². The monoisotopic (exact) mass is 324 g/mol. The van der Waals surface area contributed by atoms with Crippen molar-refractivity contribution < 1.29 is 26.3 Å². The second kappa shape index (κ2) is 5.38. The maximum Gasteiger partial charge on any atom is 0.407 e. The Morgan fingerprint density at radius 2 is 1.90 bits per heavy atom. The molecule has 0 atom stereocenters. The number of hydrogen-bond acceptors (Lipinski definition) is 4. The topological polar surface area (TPSA) is 81.4 Å². The molecule has 21 heavy (non-hydrogen) atoms. The minimum atomic E-state index is -4.58. The van der Waals surface area contributed by atoms with Gasteiger partial charge >= 0.3 is 6.18 Å². The van der Waals surface area contributed by atoms with E-state index in [2.05, 4.69) is 0 Å². The van der Waals surface area contributed by atoms with Gasteiger partial charge in [-0.3, -0.25) is 0 Å². The van der Waals surface area contributed by atoms with Gasteiger partial charge in [0, 0.05) is 0 Å². The number of ether oxygens (including phenoxy) is 1. The van der Waals surface area contributed by atoms with Gasteiger partial charge in [-0.2, -0.15) is 17.9 Å². The molecule has 0 bridgehead atoms. The van der Waals surface area contributed by atoms with E-state index in [1.54, 1.807) is 29.0 Å². The fourth-order valence-corrected chi connectivity index (χ4v) is 3.11. The lowest BCUT2D eigenvalue weighted by Crippen LogP contribution is -2.48. The number of rotatable bonds is 6. The number of sulfonamides is 1. The lowest BCUT2D eigenvalue weighted by Gasteiger charge is -2.20. The van der Waals surface area contributed by atoms with Crippen LogP contribution in [0.15, 0.2) is 24.3 Å². The van der Waals surface area contributed by atoms with Crippen molar-refractivity contribution in [1.29, 1.82) is 0 Å². The summed E-state index contributed by atoms with van der Waals surface area (Å²) in [4.78, 5) is 0. The first-order valence-electron chi connectivity index (χ1n) is 6.21. The average Bonchev–Trinajstić information content (AvgIpc) is 3.11. The van der Waals surface area contributed by atoms with Gasteiger partial charge in [0.1, 0.15) is 17.9 Å². The van der Waals surface area contributed by atoms with Gasteiger partial charge in [0.05, 0.1) is 11.4 Å². The molecule has 5 nitrogen and oxygen atoms in total. The molecule has 0 amide bonds. The maximum absolute atomic E-state index is 12.7. The molecule has 0 aliphatic heterocycles. The second-order valence-electron chi connectivity index (χ2n) is 4.89. The molecule has 3 N–H and O–H groups in total. The van der Waals surface area contributed by atoms with Crippen LogP contribution in [0.2, 0.25) is 0 Å². The summed E-state index contributed by atoms with van der Waals surface area (Å²) in [7, 11) is -4.08. The van der Waals surface area contributed by atoms with E-state index in [-0.39, 0.29) is 19.4 Å². The number of nitrogens with two attached hydrogens (primary N) is 1. The van der Waals surface area contributed by atoms with Gasteiger partial charge in [0.2, 0.25) is 10.0 Å². The van der Waals surface area contributed by atoms with Crippen LogP contribution >= 0.6 is 0 Å². The highest BCUT2D eigenvalue weighted by Gasteiger charge is 2.65. The average molecular weight is 324 g/mol. The van der Waals surface area contributed by atoms with E-state index in [1.165, 1.54) is 0 Å². The van der Waals surface area contributed by atoms with E-state index in [0.29, 0.717) is 11.4 Å². The molecule has 1 fully saturated rings. The molecule has 1 aliphatic rings. The Balaban J connectivity index is 1.90. The van der Waals surface area contributed by atoms with Crippen LogP contribution in [0, 0.1) is 0 Å². The predicted octanol–water partition coefficient (Wildman–Crippen LogP) is 1.66. The fourth-order valence-electron chi connectivity index (χ4n) is 1.79. The summed E-state index contributed by atoms with van der Waals surface area (Å²) < 4.78 is 68.3. The number of halogens is 3. The van der Waals surface area contributed by atoms with E-state index in [9.17, 15) is 21.6 Å². The Bertz CT molecular complexity index is 612. The highest BCUT2D eigenvalue weighted by atomic mass is 32.2. The van der Waals surface area contributed by atoms with E-state index in [1.807, 2.05) is 0 Å². The molecule has 0 aromatic heterocycles. The standard InChI is InChI=1S/C12H15F3N2O3S/c13-12(14,15)11(5-6-11)17-21(18,19)8-7-20-10-4-2-1-3-9(10)16/h1-4,17H,5-8,16H2. The molecular weight excluding hydrogens is 309 g/mol. The molecule has 1 aliphatic carbocycles. The predicted molar refractivity (Wildman–Crippen MR) is 71.3 cm³/mol. The summed E-state index contributed by atoms with van der Waals surface area (Å²) in [6, 6.07) is 6.46. The van der Waals surface area contributed by atoms with Crippen molar-refractivity contribution >= 4 is 15.7 Å². The normalized spacial score (nSPS) is 17.5. The van der Waals surface area contributed by atoms with Gasteiger partial charge in [-0.25, -0.2) is 8.42 Å². The summed E-state index contributed by atoms with van der Waals surface area (Å²) in [5.74, 6) is -0.274. The quantitative estimate of drug-likeness (QED) is 0.780. The molecule has 0 radical (unpaired) electrons. The number of anilines is 1. The van der Waals surface area contributed by atoms with Crippen molar-refractivity contribution in [2.45, 2.75) is 24.6 Å². The van der Waals surface area contributed by atoms with Gasteiger partial charge in [-0.15, -0.1) is 0 Å². The van der Waals surface area contributed by atoms with E-state index < -0.39 is 27.5 Å². The molecule has 0 spiro atoms. The van der Waals surface area contributed by atoms with Crippen LogP contribution in [0.4, 0.5) is 18.9 Å². The Morgan fingerprint density at radius 3 is 2.43 bits per heavy atom. The first kappa shape index (κ1) is 15.9. The van der Waals surface area contributed by atoms with Gasteiger partial charge in [-0.1, -0.05) is 12.1 Å². The van der Waals surface area contributed by atoms with Crippen molar-refractivity contribution in [2.24, 2.45) is 0 Å². The van der Waals surface area contributed by atoms with Crippen molar-refractivity contribution in [3.05, 3.63) is 24.3 Å². The molecule has 0 saturated heterocycles. The second-order valence-corrected chi connectivity index (χ2v) is 6.73. The number of hydrogen-bond donors (Lipinski definition) is 2. The van der Waals surface area contributed by atoms with Gasteiger partial charge in [-0.05, 0) is 25.0 Å². The molecule has 9 heteroatoms. The fraction of sp³-hybridized carbons (Fsp3) is 0.500. The Labute approximate surface area is 120 Å². The smallest absolute Gasteiger partial charge is 0.407 e. The molecule has 1 aromatic rings. The minimum absolute atomic E-state index is 0.234. The first-order valence-corrected chi connectivity index (χ1v) is 7.86. The van der Waals surface area contributed by atoms with Crippen LogP contribution < -0.4 is 15.2 Å². The minimum Gasteiger partial charge on any atom is -0.490 e.